The van der Waals surface area contributed by atoms with E-state index in [1.54, 1.807) is 0 Å². The summed E-state index contributed by atoms with van der Waals surface area (Å²) < 4.78 is 28.0. The highest BCUT2D eigenvalue weighted by molar-refractivity contribution is 7.92. The van der Waals surface area contributed by atoms with Crippen molar-refractivity contribution < 1.29 is 13.2 Å². The Morgan fingerprint density at radius 2 is 2.29 bits per heavy atom. The number of nitrogens with one attached hydrogen (secondary N) is 1. The highest BCUT2D eigenvalue weighted by atomic mass is 32.2. The predicted octanol–water partition coefficient (Wildman–Crippen LogP) is 0.190. The first-order valence-corrected chi connectivity index (χ1v) is 6.88. The van der Waals surface area contributed by atoms with Crippen molar-refractivity contribution in [2.24, 2.45) is 0 Å². The van der Waals surface area contributed by atoms with Crippen LogP contribution in [0.15, 0.2) is 0 Å². The van der Waals surface area contributed by atoms with Crippen molar-refractivity contribution in [2.75, 3.05) is 32.1 Å². The van der Waals surface area contributed by atoms with Gasteiger partial charge in [0, 0.05) is 19.7 Å². The van der Waals surface area contributed by atoms with E-state index < -0.39 is 9.84 Å². The van der Waals surface area contributed by atoms with Crippen LogP contribution in [0, 0.1) is 0 Å². The molecule has 4 nitrogen and oxygen atoms in total. The zero-order valence-corrected chi connectivity index (χ0v) is 9.48. The van der Waals surface area contributed by atoms with E-state index in [0.29, 0.717) is 25.5 Å². The Morgan fingerprint density at radius 3 is 2.86 bits per heavy atom. The van der Waals surface area contributed by atoms with Gasteiger partial charge in [-0.25, -0.2) is 8.42 Å². The van der Waals surface area contributed by atoms with E-state index in [9.17, 15) is 8.42 Å². The second-order valence-electron chi connectivity index (χ2n) is 3.53. The van der Waals surface area contributed by atoms with Crippen LogP contribution in [0.1, 0.15) is 19.8 Å². The average Bonchev–Trinajstić information content (AvgIpc) is 2.45. The molecule has 0 aromatic rings. The second-order valence-corrected chi connectivity index (χ2v) is 5.93. The van der Waals surface area contributed by atoms with Gasteiger partial charge < -0.3 is 10.1 Å². The van der Waals surface area contributed by atoms with Crippen LogP contribution in [0.4, 0.5) is 0 Å². The lowest BCUT2D eigenvalue weighted by Gasteiger charge is -2.10. The van der Waals surface area contributed by atoms with Crippen molar-refractivity contribution in [1.29, 1.82) is 0 Å². The number of hydrogen-bond donors (Lipinski definition) is 1. The molecule has 0 aliphatic carbocycles. The number of ether oxygens (including phenoxy) is 1. The van der Waals surface area contributed by atoms with E-state index >= 15 is 0 Å². The molecule has 14 heavy (non-hydrogen) atoms. The molecule has 0 aromatic carbocycles. The van der Waals surface area contributed by atoms with Gasteiger partial charge in [0.15, 0.2) is 9.84 Å². The molecule has 0 saturated carbocycles. The molecule has 1 N–H and O–H groups in total. The molecule has 1 unspecified atom stereocenters. The molecule has 0 radical (unpaired) electrons. The van der Waals surface area contributed by atoms with Crippen LogP contribution in [0.5, 0.6) is 0 Å². The maximum absolute atomic E-state index is 11.4. The molecule has 1 heterocycles. The zero-order valence-electron chi connectivity index (χ0n) is 8.66. The Hall–Kier alpha value is -0.130. The van der Waals surface area contributed by atoms with Crippen LogP contribution in [0.25, 0.3) is 0 Å². The zero-order chi connectivity index (χ0) is 10.4. The maximum atomic E-state index is 11.4. The van der Waals surface area contributed by atoms with E-state index in [-0.39, 0.29) is 5.25 Å². The fourth-order valence-corrected chi connectivity index (χ4v) is 3.44. The lowest BCUT2D eigenvalue weighted by molar-refractivity contribution is 0.149. The van der Waals surface area contributed by atoms with Crippen LogP contribution in [-0.4, -0.2) is 45.7 Å². The third-order valence-corrected chi connectivity index (χ3v) is 4.74. The minimum absolute atomic E-state index is 0.163. The first-order chi connectivity index (χ1) is 6.67. The fourth-order valence-electron chi connectivity index (χ4n) is 1.64. The molecule has 0 spiro atoms. The van der Waals surface area contributed by atoms with Crippen LogP contribution >= 0.6 is 0 Å². The molecule has 1 rings (SSSR count). The van der Waals surface area contributed by atoms with Crippen LogP contribution in [0.3, 0.4) is 0 Å². The minimum Gasteiger partial charge on any atom is -0.380 e. The van der Waals surface area contributed by atoms with E-state index in [0.717, 1.165) is 19.4 Å². The molecule has 1 fully saturated rings. The smallest absolute Gasteiger partial charge is 0.154 e. The molecule has 0 amide bonds. The topological polar surface area (TPSA) is 55.4 Å². The van der Waals surface area contributed by atoms with E-state index in [1.807, 2.05) is 6.92 Å². The van der Waals surface area contributed by atoms with Crippen molar-refractivity contribution in [3.8, 4) is 0 Å². The fraction of sp³-hybridized carbons (Fsp3) is 1.00. The van der Waals surface area contributed by atoms with Gasteiger partial charge in [0.2, 0.25) is 0 Å². The standard InChI is InChI=1S/C9H19NO3S/c1-2-13-6-5-10-8-9-4-3-7-14(9,11)12/h9-10H,2-8H2,1H3. The molecule has 0 bridgehead atoms. The Balaban J connectivity index is 2.13. The van der Waals surface area contributed by atoms with E-state index in [4.69, 9.17) is 4.74 Å². The summed E-state index contributed by atoms with van der Waals surface area (Å²) >= 11 is 0. The van der Waals surface area contributed by atoms with Gasteiger partial charge >= 0.3 is 0 Å². The average molecular weight is 221 g/mol. The quantitative estimate of drug-likeness (QED) is 0.651. The molecular formula is C9H19NO3S. The molecular weight excluding hydrogens is 202 g/mol. The van der Waals surface area contributed by atoms with Crippen LogP contribution in [0.2, 0.25) is 0 Å². The number of sulfone groups is 1. The van der Waals surface area contributed by atoms with E-state index in [2.05, 4.69) is 5.32 Å². The monoisotopic (exact) mass is 221 g/mol. The molecule has 1 atom stereocenters. The summed E-state index contributed by atoms with van der Waals surface area (Å²) in [4.78, 5) is 0. The maximum Gasteiger partial charge on any atom is 0.154 e. The molecule has 1 aliphatic heterocycles. The van der Waals surface area contributed by atoms with Crippen LogP contribution in [-0.2, 0) is 14.6 Å². The van der Waals surface area contributed by atoms with Crippen molar-refractivity contribution in [3.05, 3.63) is 0 Å². The lowest BCUT2D eigenvalue weighted by atomic mass is 10.2. The third-order valence-electron chi connectivity index (χ3n) is 2.46. The Morgan fingerprint density at radius 1 is 1.50 bits per heavy atom. The molecule has 1 aliphatic rings. The predicted molar refractivity (Wildman–Crippen MR) is 56.2 cm³/mol. The van der Waals surface area contributed by atoms with Crippen molar-refractivity contribution >= 4 is 9.84 Å². The normalized spacial score (nSPS) is 25.4. The van der Waals surface area contributed by atoms with Gasteiger partial charge in [-0.1, -0.05) is 0 Å². The molecule has 1 saturated heterocycles. The van der Waals surface area contributed by atoms with Crippen molar-refractivity contribution in [2.45, 2.75) is 25.0 Å². The summed E-state index contributed by atoms with van der Waals surface area (Å²) in [6.07, 6.45) is 1.63. The Kier molecular flexibility index (Phi) is 4.84. The van der Waals surface area contributed by atoms with Crippen molar-refractivity contribution in [1.82, 2.24) is 5.32 Å². The van der Waals surface area contributed by atoms with Crippen molar-refractivity contribution in [3.63, 3.8) is 0 Å². The molecule has 84 valence electrons. The molecule has 0 aromatic heterocycles. The van der Waals surface area contributed by atoms with Gasteiger partial charge in [-0.2, -0.15) is 0 Å². The first kappa shape index (κ1) is 11.9. The summed E-state index contributed by atoms with van der Waals surface area (Å²) in [6.45, 7) is 4.63. The highest BCUT2D eigenvalue weighted by Gasteiger charge is 2.30. The van der Waals surface area contributed by atoms with Gasteiger partial charge in [-0.05, 0) is 19.8 Å². The summed E-state index contributed by atoms with van der Waals surface area (Å²) in [5, 5.41) is 2.95. The SMILES string of the molecule is CCOCCNCC1CCCS1(=O)=O. The van der Waals surface area contributed by atoms with Gasteiger partial charge in [-0.15, -0.1) is 0 Å². The Bertz CT molecular complexity index is 251. The minimum atomic E-state index is -2.78. The van der Waals surface area contributed by atoms with Gasteiger partial charge in [0.1, 0.15) is 0 Å². The Labute approximate surface area is 85.9 Å². The van der Waals surface area contributed by atoms with Crippen LogP contribution < -0.4 is 5.32 Å². The summed E-state index contributed by atoms with van der Waals surface area (Å²) in [6, 6.07) is 0. The lowest BCUT2D eigenvalue weighted by Crippen LogP contribution is -2.32. The van der Waals surface area contributed by atoms with Gasteiger partial charge in [-0.3, -0.25) is 0 Å². The number of rotatable bonds is 6. The largest absolute Gasteiger partial charge is 0.380 e. The van der Waals surface area contributed by atoms with Gasteiger partial charge in [0.25, 0.3) is 0 Å². The summed E-state index contributed by atoms with van der Waals surface area (Å²) in [5.74, 6) is 0.366. The summed E-state index contributed by atoms with van der Waals surface area (Å²) in [5.41, 5.74) is 0. The third kappa shape index (κ3) is 3.55. The highest BCUT2D eigenvalue weighted by Crippen LogP contribution is 2.18. The molecule has 5 heteroatoms. The van der Waals surface area contributed by atoms with E-state index in [1.165, 1.54) is 0 Å². The number of hydrogen-bond acceptors (Lipinski definition) is 4. The first-order valence-electron chi connectivity index (χ1n) is 5.17. The van der Waals surface area contributed by atoms with Gasteiger partial charge in [0.05, 0.1) is 17.6 Å². The summed E-state index contributed by atoms with van der Waals surface area (Å²) in [7, 11) is -2.78. The second kappa shape index (κ2) is 5.68.